The van der Waals surface area contributed by atoms with Gasteiger partial charge in [0.15, 0.2) is 0 Å². The van der Waals surface area contributed by atoms with E-state index in [2.05, 4.69) is 10.1 Å². The van der Waals surface area contributed by atoms with Crippen molar-refractivity contribution < 1.29 is 23.5 Å². The maximum absolute atomic E-state index is 11.2. The van der Waals surface area contributed by atoms with E-state index in [1.165, 1.54) is 7.11 Å². The van der Waals surface area contributed by atoms with Gasteiger partial charge < -0.3 is 19.2 Å². The van der Waals surface area contributed by atoms with Crippen molar-refractivity contribution in [2.24, 2.45) is 5.92 Å². The third-order valence-electron chi connectivity index (χ3n) is 2.52. The number of furan rings is 1. The fraction of sp³-hybridized carbons (Fsp3) is 0.455. The summed E-state index contributed by atoms with van der Waals surface area (Å²) in [6, 6.07) is 3.30. The van der Waals surface area contributed by atoms with E-state index in [0.717, 1.165) is 0 Å². The molecule has 92 valence electrons. The molecule has 1 N–H and O–H groups in total. The predicted molar refractivity (Wildman–Crippen MR) is 56.6 cm³/mol. The number of hydrogen-bond acceptors (Lipinski definition) is 5. The van der Waals surface area contributed by atoms with Gasteiger partial charge in [-0.3, -0.25) is 0 Å². The highest BCUT2D eigenvalue weighted by Crippen LogP contribution is 2.15. The smallest absolute Gasteiger partial charge is 0.407 e. The van der Waals surface area contributed by atoms with Crippen LogP contribution in [0.1, 0.15) is 16.3 Å². The normalized spacial score (nSPS) is 19.4. The molecule has 0 saturated carbocycles. The number of alkyl carbamates (subject to hydrolysis) is 1. The molecule has 2 heterocycles. The summed E-state index contributed by atoms with van der Waals surface area (Å²) < 4.78 is 14.7. The number of esters is 1. The number of rotatable bonds is 3. The lowest BCUT2D eigenvalue weighted by Crippen LogP contribution is -2.39. The fourth-order valence-corrected chi connectivity index (χ4v) is 1.64. The van der Waals surface area contributed by atoms with Crippen molar-refractivity contribution in [1.29, 1.82) is 0 Å². The largest absolute Gasteiger partial charge is 0.463 e. The zero-order chi connectivity index (χ0) is 12.3. The summed E-state index contributed by atoms with van der Waals surface area (Å²) in [6.45, 7) is 0.910. The topological polar surface area (TPSA) is 77.8 Å². The van der Waals surface area contributed by atoms with Gasteiger partial charge in [-0.05, 0) is 12.1 Å². The molecule has 1 atom stereocenters. The summed E-state index contributed by atoms with van der Waals surface area (Å²) >= 11 is 0. The fourth-order valence-electron chi connectivity index (χ4n) is 1.64. The number of amides is 1. The Morgan fingerprint density at radius 2 is 2.41 bits per heavy atom. The lowest BCUT2D eigenvalue weighted by atomic mass is 10.0. The van der Waals surface area contributed by atoms with E-state index >= 15 is 0 Å². The van der Waals surface area contributed by atoms with E-state index in [-0.39, 0.29) is 11.7 Å². The summed E-state index contributed by atoms with van der Waals surface area (Å²) in [5.41, 5.74) is 0. The van der Waals surface area contributed by atoms with E-state index in [1.54, 1.807) is 12.1 Å². The molecule has 0 spiro atoms. The third kappa shape index (κ3) is 2.77. The van der Waals surface area contributed by atoms with E-state index < -0.39 is 12.1 Å². The molecule has 1 aliphatic rings. The average molecular weight is 239 g/mol. The highest BCUT2D eigenvalue weighted by atomic mass is 16.6. The Labute approximate surface area is 97.9 Å². The molecule has 1 unspecified atom stereocenters. The lowest BCUT2D eigenvalue weighted by molar-refractivity contribution is 0.0562. The maximum Gasteiger partial charge on any atom is 0.407 e. The second kappa shape index (κ2) is 4.90. The number of hydrogen-bond donors (Lipinski definition) is 1. The predicted octanol–water partition coefficient (Wildman–Crippen LogP) is 0.965. The van der Waals surface area contributed by atoms with Gasteiger partial charge >= 0.3 is 12.1 Å². The van der Waals surface area contributed by atoms with Crippen LogP contribution in [0.4, 0.5) is 4.79 Å². The molecular weight excluding hydrogens is 226 g/mol. The Bertz CT molecular complexity index is 415. The zero-order valence-corrected chi connectivity index (χ0v) is 9.39. The number of ether oxygens (including phenoxy) is 2. The van der Waals surface area contributed by atoms with Crippen molar-refractivity contribution in [1.82, 2.24) is 5.32 Å². The van der Waals surface area contributed by atoms with Crippen molar-refractivity contribution in [3.8, 4) is 0 Å². The van der Waals surface area contributed by atoms with Crippen LogP contribution >= 0.6 is 0 Å². The molecule has 0 radical (unpaired) electrons. The Balaban J connectivity index is 1.93. The van der Waals surface area contributed by atoms with Crippen LogP contribution in [0, 0.1) is 5.92 Å². The minimum absolute atomic E-state index is 0.157. The van der Waals surface area contributed by atoms with Crippen LogP contribution in [0.15, 0.2) is 16.5 Å². The van der Waals surface area contributed by atoms with E-state index in [0.29, 0.717) is 25.3 Å². The highest BCUT2D eigenvalue weighted by molar-refractivity contribution is 5.86. The van der Waals surface area contributed by atoms with Crippen molar-refractivity contribution in [2.45, 2.75) is 6.42 Å². The SMILES string of the molecule is COC(=O)c1ccc(CC2CNC(=O)OC2)o1. The number of methoxy groups -OCH3 is 1. The van der Waals surface area contributed by atoms with E-state index in [4.69, 9.17) is 9.15 Å². The van der Waals surface area contributed by atoms with Gasteiger partial charge in [-0.25, -0.2) is 9.59 Å². The van der Waals surface area contributed by atoms with Crippen LogP contribution in [-0.2, 0) is 15.9 Å². The summed E-state index contributed by atoms with van der Waals surface area (Å²) in [5, 5.41) is 2.60. The van der Waals surface area contributed by atoms with E-state index in [1.807, 2.05) is 0 Å². The molecule has 1 aromatic heterocycles. The molecule has 6 nitrogen and oxygen atoms in total. The van der Waals surface area contributed by atoms with Crippen molar-refractivity contribution in [2.75, 3.05) is 20.3 Å². The van der Waals surface area contributed by atoms with Gasteiger partial charge in [-0.2, -0.15) is 0 Å². The molecular formula is C11H13NO5. The second-order valence-electron chi connectivity index (χ2n) is 3.81. The Morgan fingerprint density at radius 1 is 1.59 bits per heavy atom. The molecule has 2 rings (SSSR count). The first-order valence-electron chi connectivity index (χ1n) is 5.26. The Hall–Kier alpha value is -1.98. The summed E-state index contributed by atoms with van der Waals surface area (Å²) in [4.78, 5) is 21.9. The van der Waals surface area contributed by atoms with Crippen LogP contribution < -0.4 is 5.32 Å². The molecule has 1 aromatic rings. The van der Waals surface area contributed by atoms with Crippen molar-refractivity contribution in [3.63, 3.8) is 0 Å². The first-order chi connectivity index (χ1) is 8.19. The first kappa shape index (κ1) is 11.5. The highest BCUT2D eigenvalue weighted by Gasteiger charge is 2.21. The third-order valence-corrected chi connectivity index (χ3v) is 2.52. The van der Waals surface area contributed by atoms with Gasteiger partial charge in [0.25, 0.3) is 0 Å². The number of nitrogens with one attached hydrogen (secondary N) is 1. The van der Waals surface area contributed by atoms with Gasteiger partial charge in [-0.15, -0.1) is 0 Å². The van der Waals surface area contributed by atoms with Gasteiger partial charge in [0.1, 0.15) is 5.76 Å². The van der Waals surface area contributed by atoms with Crippen molar-refractivity contribution in [3.05, 3.63) is 23.7 Å². The van der Waals surface area contributed by atoms with Crippen LogP contribution in [-0.4, -0.2) is 32.3 Å². The van der Waals surface area contributed by atoms with Crippen LogP contribution in [0.5, 0.6) is 0 Å². The maximum atomic E-state index is 11.2. The van der Waals surface area contributed by atoms with Gasteiger partial charge in [-0.1, -0.05) is 0 Å². The molecule has 0 aromatic carbocycles. The monoisotopic (exact) mass is 239 g/mol. The molecule has 0 aliphatic carbocycles. The van der Waals surface area contributed by atoms with Crippen LogP contribution in [0.25, 0.3) is 0 Å². The minimum atomic E-state index is -0.496. The Kier molecular flexibility index (Phi) is 3.32. The zero-order valence-electron chi connectivity index (χ0n) is 9.39. The van der Waals surface area contributed by atoms with Crippen molar-refractivity contribution >= 4 is 12.1 Å². The molecule has 1 aliphatic heterocycles. The first-order valence-corrected chi connectivity index (χ1v) is 5.26. The minimum Gasteiger partial charge on any atom is -0.463 e. The van der Waals surface area contributed by atoms with Gasteiger partial charge in [0.2, 0.25) is 5.76 Å². The molecule has 0 bridgehead atoms. The average Bonchev–Trinajstić information content (AvgIpc) is 2.80. The molecule has 1 amide bonds. The number of cyclic esters (lactones) is 1. The van der Waals surface area contributed by atoms with Crippen LogP contribution in [0.2, 0.25) is 0 Å². The Morgan fingerprint density at radius 3 is 3.06 bits per heavy atom. The summed E-state index contributed by atoms with van der Waals surface area (Å²) in [5.74, 6) is 0.521. The van der Waals surface area contributed by atoms with Crippen LogP contribution in [0.3, 0.4) is 0 Å². The standard InChI is InChI=1S/C11H13NO5/c1-15-10(13)9-3-2-8(17-9)4-7-5-12-11(14)16-6-7/h2-3,7H,4-6H2,1H3,(H,12,14). The molecule has 1 saturated heterocycles. The van der Waals surface area contributed by atoms with Gasteiger partial charge in [0.05, 0.1) is 13.7 Å². The van der Waals surface area contributed by atoms with Gasteiger partial charge in [0, 0.05) is 18.9 Å². The summed E-state index contributed by atoms with van der Waals surface area (Å²) in [7, 11) is 1.30. The second-order valence-corrected chi connectivity index (χ2v) is 3.81. The number of carbonyl (C=O) groups excluding carboxylic acids is 2. The quantitative estimate of drug-likeness (QED) is 0.795. The molecule has 6 heteroatoms. The number of carbonyl (C=O) groups is 2. The molecule has 17 heavy (non-hydrogen) atoms. The molecule has 1 fully saturated rings. The van der Waals surface area contributed by atoms with E-state index in [9.17, 15) is 9.59 Å². The summed E-state index contributed by atoms with van der Waals surface area (Å²) in [6.07, 6.45) is 0.216. The lowest BCUT2D eigenvalue weighted by Gasteiger charge is -2.21.